The fourth-order valence-corrected chi connectivity index (χ4v) is 3.15. The highest BCUT2D eigenvalue weighted by molar-refractivity contribution is 6.31. The molecule has 1 saturated carbocycles. The minimum Gasteiger partial charge on any atom is -0.390 e. The highest BCUT2D eigenvalue weighted by Crippen LogP contribution is 2.40. The molecule has 0 heterocycles. The Labute approximate surface area is 119 Å². The molecule has 1 aliphatic rings. The smallest absolute Gasteiger partial charge is 0.127 e. The van der Waals surface area contributed by atoms with Crippen molar-refractivity contribution in [3.63, 3.8) is 0 Å². The van der Waals surface area contributed by atoms with Crippen LogP contribution in [0.2, 0.25) is 5.02 Å². The second-order valence-electron chi connectivity index (χ2n) is 6.62. The molecule has 0 spiro atoms. The zero-order valence-corrected chi connectivity index (χ0v) is 12.4. The lowest BCUT2D eigenvalue weighted by atomic mass is 9.83. The molecule has 1 N–H and O–H groups in total. The minimum atomic E-state index is -0.820. The Morgan fingerprint density at radius 3 is 2.63 bits per heavy atom. The van der Waals surface area contributed by atoms with E-state index < -0.39 is 5.60 Å². The highest BCUT2D eigenvalue weighted by atomic mass is 35.5. The highest BCUT2D eigenvalue weighted by Gasteiger charge is 2.34. The molecule has 1 atom stereocenters. The van der Waals surface area contributed by atoms with Gasteiger partial charge in [0.2, 0.25) is 0 Å². The Morgan fingerprint density at radius 2 is 1.95 bits per heavy atom. The Bertz CT molecular complexity index is 438. The normalized spacial score (nSPS) is 27.0. The van der Waals surface area contributed by atoms with Crippen molar-refractivity contribution < 1.29 is 9.50 Å². The van der Waals surface area contributed by atoms with Crippen LogP contribution in [0.5, 0.6) is 0 Å². The molecule has 0 aliphatic heterocycles. The average molecular weight is 285 g/mol. The molecule has 106 valence electrons. The van der Waals surface area contributed by atoms with Crippen molar-refractivity contribution >= 4 is 11.6 Å². The number of rotatable bonds is 2. The second kappa shape index (κ2) is 5.41. The molecule has 0 amide bonds. The summed E-state index contributed by atoms with van der Waals surface area (Å²) in [4.78, 5) is 0. The summed E-state index contributed by atoms with van der Waals surface area (Å²) in [5.41, 5.74) is -0.102. The largest absolute Gasteiger partial charge is 0.390 e. The van der Waals surface area contributed by atoms with Gasteiger partial charge in [-0.1, -0.05) is 37.9 Å². The second-order valence-corrected chi connectivity index (χ2v) is 7.03. The van der Waals surface area contributed by atoms with E-state index in [1.54, 1.807) is 12.1 Å². The maximum Gasteiger partial charge on any atom is 0.127 e. The summed E-state index contributed by atoms with van der Waals surface area (Å²) in [6.45, 7) is 4.46. The number of benzene rings is 1. The Balaban J connectivity index is 2.17. The first-order valence-electron chi connectivity index (χ1n) is 6.97. The van der Waals surface area contributed by atoms with Gasteiger partial charge >= 0.3 is 0 Å². The molecule has 0 aromatic heterocycles. The first-order valence-corrected chi connectivity index (χ1v) is 7.34. The molecule has 1 fully saturated rings. The predicted molar refractivity (Wildman–Crippen MR) is 76.9 cm³/mol. The fraction of sp³-hybridized carbons (Fsp3) is 0.625. The SMILES string of the molecule is CC1(C)CCCC(O)(Cc2c(F)cccc2Cl)CC1. The Morgan fingerprint density at radius 1 is 1.21 bits per heavy atom. The van der Waals surface area contributed by atoms with Gasteiger partial charge in [0.25, 0.3) is 0 Å². The monoisotopic (exact) mass is 284 g/mol. The van der Waals surface area contributed by atoms with Crippen molar-refractivity contribution in [1.29, 1.82) is 0 Å². The summed E-state index contributed by atoms with van der Waals surface area (Å²) in [7, 11) is 0. The van der Waals surface area contributed by atoms with E-state index in [0.717, 1.165) is 25.7 Å². The number of aliphatic hydroxyl groups is 1. The molecule has 0 radical (unpaired) electrons. The summed E-state index contributed by atoms with van der Waals surface area (Å²) < 4.78 is 13.8. The van der Waals surface area contributed by atoms with Gasteiger partial charge in [0.15, 0.2) is 0 Å². The predicted octanol–water partition coefficient (Wildman–Crippen LogP) is 4.74. The summed E-state index contributed by atoms with van der Waals surface area (Å²) in [5.74, 6) is -0.315. The Hall–Kier alpha value is -0.600. The molecule has 0 bridgehead atoms. The van der Waals surface area contributed by atoms with Crippen molar-refractivity contribution in [1.82, 2.24) is 0 Å². The maximum absolute atomic E-state index is 13.8. The molecule has 0 saturated heterocycles. The zero-order valence-electron chi connectivity index (χ0n) is 11.7. The van der Waals surface area contributed by atoms with Gasteiger partial charge in [-0.25, -0.2) is 4.39 Å². The van der Waals surface area contributed by atoms with E-state index in [1.165, 1.54) is 6.07 Å². The molecule has 3 heteroatoms. The molecular formula is C16H22ClFO. The van der Waals surface area contributed by atoms with Crippen LogP contribution in [0, 0.1) is 11.2 Å². The van der Waals surface area contributed by atoms with E-state index in [2.05, 4.69) is 13.8 Å². The van der Waals surface area contributed by atoms with E-state index in [4.69, 9.17) is 11.6 Å². The molecule has 1 unspecified atom stereocenters. The minimum absolute atomic E-state index is 0.267. The van der Waals surface area contributed by atoms with Crippen molar-refractivity contribution in [2.45, 2.75) is 58.0 Å². The third kappa shape index (κ3) is 3.70. The number of halogens is 2. The fourth-order valence-electron chi connectivity index (χ4n) is 2.92. The van der Waals surface area contributed by atoms with Crippen LogP contribution in [0.3, 0.4) is 0 Å². The average Bonchev–Trinajstić information content (AvgIpc) is 2.44. The van der Waals surface area contributed by atoms with Gasteiger partial charge in [-0.05, 0) is 43.2 Å². The standard InChI is InChI=1S/C16H22ClFO/c1-15(2)7-4-8-16(19,10-9-15)11-12-13(17)5-3-6-14(12)18/h3,5-6,19H,4,7-11H2,1-2H3. The van der Waals surface area contributed by atoms with E-state index in [1.807, 2.05) is 0 Å². The van der Waals surface area contributed by atoms with Crippen molar-refractivity contribution in [3.05, 3.63) is 34.6 Å². The van der Waals surface area contributed by atoms with Crippen molar-refractivity contribution in [3.8, 4) is 0 Å². The summed E-state index contributed by atoms with van der Waals surface area (Å²) >= 11 is 6.06. The quantitative estimate of drug-likeness (QED) is 0.778. The van der Waals surface area contributed by atoms with Crippen LogP contribution >= 0.6 is 11.6 Å². The van der Waals surface area contributed by atoms with Gasteiger partial charge < -0.3 is 5.11 Å². The first-order chi connectivity index (χ1) is 8.81. The topological polar surface area (TPSA) is 20.2 Å². The van der Waals surface area contributed by atoms with Gasteiger partial charge in [-0.15, -0.1) is 0 Å². The van der Waals surface area contributed by atoms with E-state index >= 15 is 0 Å². The lowest BCUT2D eigenvalue weighted by Crippen LogP contribution is -2.31. The molecule has 1 nitrogen and oxygen atoms in total. The Kier molecular flexibility index (Phi) is 4.22. The zero-order chi connectivity index (χ0) is 14.1. The molecular weight excluding hydrogens is 263 g/mol. The first kappa shape index (κ1) is 14.8. The van der Waals surface area contributed by atoms with Gasteiger partial charge in [-0.3, -0.25) is 0 Å². The lowest BCUT2D eigenvalue weighted by molar-refractivity contribution is 0.0219. The van der Waals surface area contributed by atoms with Crippen LogP contribution < -0.4 is 0 Å². The van der Waals surface area contributed by atoms with Crippen LogP contribution in [-0.4, -0.2) is 10.7 Å². The van der Waals surface area contributed by atoms with Gasteiger partial charge in [0.1, 0.15) is 5.82 Å². The molecule has 1 aromatic rings. The number of hydrogen-bond donors (Lipinski definition) is 1. The van der Waals surface area contributed by atoms with Gasteiger partial charge in [-0.2, -0.15) is 0 Å². The van der Waals surface area contributed by atoms with Crippen LogP contribution in [0.1, 0.15) is 51.5 Å². The van der Waals surface area contributed by atoms with Crippen molar-refractivity contribution in [2.24, 2.45) is 5.41 Å². The van der Waals surface area contributed by atoms with Crippen LogP contribution in [0.4, 0.5) is 4.39 Å². The van der Waals surface area contributed by atoms with E-state index in [0.29, 0.717) is 23.4 Å². The van der Waals surface area contributed by atoms with Crippen LogP contribution in [0.25, 0.3) is 0 Å². The maximum atomic E-state index is 13.8. The van der Waals surface area contributed by atoms with Crippen LogP contribution in [-0.2, 0) is 6.42 Å². The van der Waals surface area contributed by atoms with E-state index in [9.17, 15) is 9.50 Å². The third-order valence-electron chi connectivity index (χ3n) is 4.33. The third-order valence-corrected chi connectivity index (χ3v) is 4.68. The molecule has 1 aromatic carbocycles. The number of hydrogen-bond acceptors (Lipinski definition) is 1. The van der Waals surface area contributed by atoms with Gasteiger partial charge in [0.05, 0.1) is 5.60 Å². The van der Waals surface area contributed by atoms with Crippen molar-refractivity contribution in [2.75, 3.05) is 0 Å². The molecule has 19 heavy (non-hydrogen) atoms. The summed E-state index contributed by atoms with van der Waals surface area (Å²) in [6.07, 6.45) is 4.81. The summed E-state index contributed by atoms with van der Waals surface area (Å²) in [6, 6.07) is 4.69. The van der Waals surface area contributed by atoms with E-state index in [-0.39, 0.29) is 11.2 Å². The van der Waals surface area contributed by atoms with Crippen LogP contribution in [0.15, 0.2) is 18.2 Å². The molecule has 1 aliphatic carbocycles. The lowest BCUT2D eigenvalue weighted by Gasteiger charge is -2.28. The molecule has 2 rings (SSSR count). The van der Waals surface area contributed by atoms with Gasteiger partial charge in [0, 0.05) is 17.0 Å². The summed E-state index contributed by atoms with van der Waals surface area (Å²) in [5, 5.41) is 11.2.